The van der Waals surface area contributed by atoms with Crippen LogP contribution < -0.4 is 0 Å². The standard InChI is InChI=1S/C8H15NO.C6H12/c1-2-3-4-9-5-7-10-8-6-9;1-3-5-6-4-2/h2H,1,3-8H2;5-6H,3-4H2,1-2H3/b;6-5+. The Bertz CT molecular complexity index is 166. The van der Waals surface area contributed by atoms with Crippen molar-refractivity contribution in [2.24, 2.45) is 0 Å². The summed E-state index contributed by atoms with van der Waals surface area (Å²) in [5, 5.41) is 0. The Balaban J connectivity index is 0.000000325. The first-order chi connectivity index (χ1) is 7.85. The number of rotatable bonds is 5. The minimum Gasteiger partial charge on any atom is -0.379 e. The van der Waals surface area contributed by atoms with E-state index in [1.54, 1.807) is 0 Å². The first-order valence-corrected chi connectivity index (χ1v) is 6.41. The van der Waals surface area contributed by atoms with Crippen LogP contribution in [0.4, 0.5) is 0 Å². The summed E-state index contributed by atoms with van der Waals surface area (Å²) in [6.07, 6.45) is 9.77. The van der Waals surface area contributed by atoms with E-state index in [0.717, 1.165) is 39.3 Å². The highest BCUT2D eigenvalue weighted by molar-refractivity contribution is 4.77. The topological polar surface area (TPSA) is 12.5 Å². The van der Waals surface area contributed by atoms with Gasteiger partial charge in [-0.25, -0.2) is 0 Å². The van der Waals surface area contributed by atoms with Crippen LogP contribution in [0.1, 0.15) is 33.1 Å². The van der Waals surface area contributed by atoms with Crippen molar-refractivity contribution >= 4 is 0 Å². The molecule has 1 rings (SSSR count). The highest BCUT2D eigenvalue weighted by Crippen LogP contribution is 1.97. The minimum absolute atomic E-state index is 0.900. The molecule has 0 bridgehead atoms. The Labute approximate surface area is 101 Å². The summed E-state index contributed by atoms with van der Waals surface area (Å²) >= 11 is 0. The zero-order chi connectivity index (χ0) is 12.1. The highest BCUT2D eigenvalue weighted by Gasteiger charge is 2.07. The molecule has 16 heavy (non-hydrogen) atoms. The molecular formula is C14H27NO. The molecule has 1 fully saturated rings. The molecule has 0 aliphatic carbocycles. The fraction of sp³-hybridized carbons (Fsp3) is 0.714. The van der Waals surface area contributed by atoms with Gasteiger partial charge in [0.1, 0.15) is 0 Å². The third-order valence-corrected chi connectivity index (χ3v) is 2.39. The van der Waals surface area contributed by atoms with Crippen molar-refractivity contribution in [2.45, 2.75) is 33.1 Å². The number of hydrogen-bond acceptors (Lipinski definition) is 2. The lowest BCUT2D eigenvalue weighted by Crippen LogP contribution is -2.36. The second kappa shape index (κ2) is 12.5. The lowest BCUT2D eigenvalue weighted by Gasteiger charge is -2.25. The lowest BCUT2D eigenvalue weighted by atomic mass is 10.3. The van der Waals surface area contributed by atoms with Crippen molar-refractivity contribution in [1.29, 1.82) is 0 Å². The van der Waals surface area contributed by atoms with E-state index in [4.69, 9.17) is 4.74 Å². The lowest BCUT2D eigenvalue weighted by molar-refractivity contribution is 0.0387. The number of ether oxygens (including phenoxy) is 1. The van der Waals surface area contributed by atoms with Crippen LogP contribution in [0.15, 0.2) is 24.8 Å². The third-order valence-electron chi connectivity index (χ3n) is 2.39. The van der Waals surface area contributed by atoms with Gasteiger partial charge in [-0.3, -0.25) is 4.90 Å². The van der Waals surface area contributed by atoms with E-state index in [2.05, 4.69) is 37.5 Å². The molecule has 0 radical (unpaired) electrons. The summed E-state index contributed by atoms with van der Waals surface area (Å²) < 4.78 is 5.21. The molecule has 1 heterocycles. The fourth-order valence-electron chi connectivity index (χ4n) is 1.43. The summed E-state index contributed by atoms with van der Waals surface area (Å²) in [5.74, 6) is 0. The molecule has 0 atom stereocenters. The summed E-state index contributed by atoms with van der Waals surface area (Å²) in [5.41, 5.74) is 0. The zero-order valence-electron chi connectivity index (χ0n) is 11.0. The van der Waals surface area contributed by atoms with Crippen LogP contribution in [0, 0.1) is 0 Å². The van der Waals surface area contributed by atoms with Crippen molar-refractivity contribution < 1.29 is 4.74 Å². The van der Waals surface area contributed by atoms with Crippen LogP contribution in [0.5, 0.6) is 0 Å². The summed E-state index contributed by atoms with van der Waals surface area (Å²) in [4.78, 5) is 2.41. The molecule has 0 amide bonds. The molecule has 1 aliphatic rings. The molecule has 0 N–H and O–H groups in total. The quantitative estimate of drug-likeness (QED) is 0.666. The van der Waals surface area contributed by atoms with E-state index in [-0.39, 0.29) is 0 Å². The first-order valence-electron chi connectivity index (χ1n) is 6.41. The number of morpholine rings is 1. The van der Waals surface area contributed by atoms with Crippen LogP contribution in [0.2, 0.25) is 0 Å². The van der Waals surface area contributed by atoms with Crippen LogP contribution >= 0.6 is 0 Å². The molecular weight excluding hydrogens is 198 g/mol. The number of allylic oxidation sites excluding steroid dienone is 2. The molecule has 0 aromatic rings. The Kier molecular flexibility index (Phi) is 12.0. The second-order valence-electron chi connectivity index (χ2n) is 3.82. The number of hydrogen-bond donors (Lipinski definition) is 0. The van der Waals surface area contributed by atoms with Gasteiger partial charge in [-0.1, -0.05) is 32.1 Å². The van der Waals surface area contributed by atoms with Gasteiger partial charge in [-0.2, -0.15) is 0 Å². The van der Waals surface area contributed by atoms with Gasteiger partial charge in [0.05, 0.1) is 13.2 Å². The minimum atomic E-state index is 0.900. The number of nitrogens with zero attached hydrogens (tertiary/aromatic N) is 1. The molecule has 0 aromatic carbocycles. The van der Waals surface area contributed by atoms with E-state index in [1.165, 1.54) is 12.8 Å². The van der Waals surface area contributed by atoms with Gasteiger partial charge in [0.25, 0.3) is 0 Å². The van der Waals surface area contributed by atoms with E-state index >= 15 is 0 Å². The average Bonchev–Trinajstić information content (AvgIpc) is 2.36. The molecule has 2 heteroatoms. The molecule has 2 nitrogen and oxygen atoms in total. The first kappa shape index (κ1) is 15.4. The normalized spacial score (nSPS) is 16.9. The van der Waals surface area contributed by atoms with Gasteiger partial charge < -0.3 is 4.74 Å². The molecule has 0 spiro atoms. The molecule has 1 saturated heterocycles. The highest BCUT2D eigenvalue weighted by atomic mass is 16.5. The van der Waals surface area contributed by atoms with Gasteiger partial charge in [0.2, 0.25) is 0 Å². The van der Waals surface area contributed by atoms with Crippen molar-refractivity contribution in [1.82, 2.24) is 4.90 Å². The monoisotopic (exact) mass is 225 g/mol. The molecule has 1 aliphatic heterocycles. The van der Waals surface area contributed by atoms with E-state index in [0.29, 0.717) is 0 Å². The Hall–Kier alpha value is -0.600. The van der Waals surface area contributed by atoms with E-state index < -0.39 is 0 Å². The van der Waals surface area contributed by atoms with Crippen molar-refractivity contribution in [3.63, 3.8) is 0 Å². The van der Waals surface area contributed by atoms with E-state index in [9.17, 15) is 0 Å². The van der Waals surface area contributed by atoms with Gasteiger partial charge in [0, 0.05) is 19.6 Å². The molecule has 0 unspecified atom stereocenters. The van der Waals surface area contributed by atoms with Gasteiger partial charge in [-0.15, -0.1) is 6.58 Å². The van der Waals surface area contributed by atoms with Crippen LogP contribution in [0.25, 0.3) is 0 Å². The predicted octanol–water partition coefficient (Wildman–Crippen LogP) is 3.26. The molecule has 94 valence electrons. The second-order valence-corrected chi connectivity index (χ2v) is 3.82. The summed E-state index contributed by atoms with van der Waals surface area (Å²) in [6, 6.07) is 0. The predicted molar refractivity (Wildman–Crippen MR) is 71.8 cm³/mol. The summed E-state index contributed by atoms with van der Waals surface area (Å²) in [7, 11) is 0. The maximum absolute atomic E-state index is 5.21. The molecule has 0 aromatic heterocycles. The summed E-state index contributed by atoms with van der Waals surface area (Å²) in [6.45, 7) is 13.1. The third kappa shape index (κ3) is 9.94. The SMILES string of the molecule is C=CCCN1CCOCC1.CC/C=C/CC. The smallest absolute Gasteiger partial charge is 0.0594 e. The average molecular weight is 225 g/mol. The Morgan fingerprint density at radius 2 is 1.69 bits per heavy atom. The van der Waals surface area contributed by atoms with E-state index in [1.807, 2.05) is 6.08 Å². The maximum Gasteiger partial charge on any atom is 0.0594 e. The Morgan fingerprint density at radius 1 is 1.12 bits per heavy atom. The van der Waals surface area contributed by atoms with Crippen LogP contribution in [-0.2, 0) is 4.74 Å². The molecule has 0 saturated carbocycles. The largest absolute Gasteiger partial charge is 0.379 e. The van der Waals surface area contributed by atoms with Crippen molar-refractivity contribution in [3.8, 4) is 0 Å². The van der Waals surface area contributed by atoms with Crippen molar-refractivity contribution in [3.05, 3.63) is 24.8 Å². The maximum atomic E-state index is 5.21. The van der Waals surface area contributed by atoms with Crippen LogP contribution in [-0.4, -0.2) is 37.7 Å². The van der Waals surface area contributed by atoms with Crippen molar-refractivity contribution in [2.75, 3.05) is 32.8 Å². The van der Waals surface area contributed by atoms with Gasteiger partial charge in [-0.05, 0) is 19.3 Å². The van der Waals surface area contributed by atoms with Crippen LogP contribution in [0.3, 0.4) is 0 Å². The Morgan fingerprint density at radius 3 is 2.12 bits per heavy atom. The van der Waals surface area contributed by atoms with Gasteiger partial charge >= 0.3 is 0 Å². The zero-order valence-corrected chi connectivity index (χ0v) is 11.0. The fourth-order valence-corrected chi connectivity index (χ4v) is 1.43. The van der Waals surface area contributed by atoms with Gasteiger partial charge in [0.15, 0.2) is 0 Å².